The maximum absolute atomic E-state index is 14.4. The summed E-state index contributed by atoms with van der Waals surface area (Å²) in [6.45, 7) is 14.2. The molecule has 0 aliphatic carbocycles. The minimum absolute atomic E-state index is 0.125. The molecule has 4 bridgehead atoms. The highest BCUT2D eigenvalue weighted by Crippen LogP contribution is 2.36. The van der Waals surface area contributed by atoms with Gasteiger partial charge in [-0.15, -0.1) is 0 Å². The van der Waals surface area contributed by atoms with E-state index >= 15 is 0 Å². The number of methoxy groups -OCH3 is 1. The largest absolute Gasteiger partial charge is 0.497 e. The second kappa shape index (κ2) is 21.7. The lowest BCUT2D eigenvalue weighted by Gasteiger charge is -2.56. The smallest absolute Gasteiger partial charge is 0.161 e. The van der Waals surface area contributed by atoms with Crippen LogP contribution >= 0.6 is 0 Å². The predicted octanol–water partition coefficient (Wildman–Crippen LogP) is 8.05. The fourth-order valence-electron chi connectivity index (χ4n) is 10.2. The average Bonchev–Trinajstić information content (AvgIpc) is 4.02. The number of carbonyl (C=O) groups excluding carboxylic acids is 1. The van der Waals surface area contributed by atoms with Gasteiger partial charge >= 0.3 is 0 Å². The number of benzene rings is 2. The van der Waals surface area contributed by atoms with Gasteiger partial charge in [-0.2, -0.15) is 10.2 Å². The van der Waals surface area contributed by atoms with E-state index in [0.717, 1.165) is 112 Å². The minimum Gasteiger partial charge on any atom is -0.497 e. The topological polar surface area (TPSA) is 183 Å². The molecule has 0 amide bonds. The van der Waals surface area contributed by atoms with Gasteiger partial charge in [-0.1, -0.05) is 11.6 Å². The van der Waals surface area contributed by atoms with Crippen molar-refractivity contribution in [1.82, 2.24) is 60.5 Å². The van der Waals surface area contributed by atoms with Crippen LogP contribution in [0.15, 0.2) is 97.3 Å². The highest BCUT2D eigenvalue weighted by Gasteiger charge is 2.45. The third-order valence-corrected chi connectivity index (χ3v) is 13.9. The molecular weight excluding hydrogens is 939 g/mol. The Labute approximate surface area is 429 Å². The number of piperidine rings is 2. The number of hydrogen-bond donors (Lipinski definition) is 3. The number of anilines is 2. The van der Waals surface area contributed by atoms with Crippen molar-refractivity contribution < 1.29 is 18.3 Å². The van der Waals surface area contributed by atoms with E-state index in [2.05, 4.69) is 73.6 Å². The zero-order valence-corrected chi connectivity index (χ0v) is 42.5. The van der Waals surface area contributed by atoms with Crippen LogP contribution in [0, 0.1) is 46.3 Å². The molecular formula is C56H60F2N14O2. The molecule has 14 rings (SSSR count). The van der Waals surface area contributed by atoms with E-state index < -0.39 is 5.82 Å². The first-order chi connectivity index (χ1) is 35.8. The predicted molar refractivity (Wildman–Crippen MR) is 279 cm³/mol. The highest BCUT2D eigenvalue weighted by atomic mass is 19.1. The number of ether oxygens (including phenoxy) is 1. The van der Waals surface area contributed by atoms with E-state index in [9.17, 15) is 13.6 Å². The number of aromatic nitrogens is 10. The molecule has 6 aliphatic rings. The van der Waals surface area contributed by atoms with E-state index in [0.29, 0.717) is 67.0 Å². The van der Waals surface area contributed by atoms with E-state index in [4.69, 9.17) is 19.7 Å². The summed E-state index contributed by atoms with van der Waals surface area (Å²) < 4.78 is 32.2. The number of aryl methyl sites for hydroxylation is 5. The lowest BCUT2D eigenvalue weighted by Crippen LogP contribution is -2.68. The van der Waals surface area contributed by atoms with Crippen molar-refractivity contribution >= 4 is 17.9 Å². The molecule has 6 aliphatic heterocycles. The van der Waals surface area contributed by atoms with Gasteiger partial charge in [0.15, 0.2) is 17.9 Å². The zero-order valence-electron chi connectivity index (χ0n) is 42.5. The van der Waals surface area contributed by atoms with Crippen molar-refractivity contribution in [1.29, 1.82) is 0 Å². The number of rotatable bonds is 12. The maximum atomic E-state index is 14.4. The first kappa shape index (κ1) is 49.7. The molecule has 6 saturated heterocycles. The second-order valence-corrected chi connectivity index (χ2v) is 19.8. The van der Waals surface area contributed by atoms with Gasteiger partial charge in [0.1, 0.15) is 29.0 Å². The van der Waals surface area contributed by atoms with Crippen LogP contribution in [0.25, 0.3) is 22.8 Å². The van der Waals surface area contributed by atoms with Gasteiger partial charge in [0, 0.05) is 122 Å². The highest BCUT2D eigenvalue weighted by molar-refractivity contribution is 5.75. The van der Waals surface area contributed by atoms with Gasteiger partial charge in [-0.05, 0) is 126 Å². The molecule has 74 heavy (non-hydrogen) atoms. The molecule has 0 radical (unpaired) electrons. The number of piperazine rings is 2. The normalized spacial score (nSPS) is 18.5. The van der Waals surface area contributed by atoms with Gasteiger partial charge in [-0.3, -0.25) is 19.9 Å². The Morgan fingerprint density at radius 3 is 1.64 bits per heavy atom. The number of halogens is 2. The number of fused-ring (bicyclic) bond motifs is 4. The van der Waals surface area contributed by atoms with Crippen LogP contribution in [0.4, 0.5) is 20.4 Å². The van der Waals surface area contributed by atoms with Crippen LogP contribution in [0.3, 0.4) is 0 Å². The van der Waals surface area contributed by atoms with Crippen LogP contribution < -0.4 is 19.9 Å². The first-order valence-corrected chi connectivity index (χ1v) is 25.0. The Bertz CT molecular complexity index is 3230. The summed E-state index contributed by atoms with van der Waals surface area (Å²) >= 11 is 0. The van der Waals surface area contributed by atoms with Gasteiger partial charge in [0.25, 0.3) is 0 Å². The van der Waals surface area contributed by atoms with Crippen LogP contribution in [0.5, 0.6) is 5.75 Å². The minimum atomic E-state index is -0.458. The Hall–Kier alpha value is -7.83. The summed E-state index contributed by atoms with van der Waals surface area (Å²) in [6, 6.07) is 27.8. The second-order valence-electron chi connectivity index (χ2n) is 19.8. The third-order valence-electron chi connectivity index (χ3n) is 13.9. The summed E-state index contributed by atoms with van der Waals surface area (Å²) in [7, 11) is 1.61. The Morgan fingerprint density at radius 1 is 0.622 bits per heavy atom. The van der Waals surface area contributed by atoms with Crippen LogP contribution in [0.2, 0.25) is 0 Å². The van der Waals surface area contributed by atoms with E-state index in [1.807, 2.05) is 77.3 Å². The molecule has 4 unspecified atom stereocenters. The first-order valence-electron chi connectivity index (χ1n) is 25.0. The number of hydrogen-bond acceptors (Lipinski definition) is 14. The quantitative estimate of drug-likeness (QED) is 0.100. The van der Waals surface area contributed by atoms with E-state index in [-0.39, 0.29) is 11.4 Å². The van der Waals surface area contributed by atoms with Gasteiger partial charge < -0.3 is 19.9 Å². The fourth-order valence-corrected chi connectivity index (χ4v) is 10.2. The standard InChI is InChI=1S/C28H30FN7O.C20H23N7.C8H7FO/c1-17-8-21(11-22-9-18(2)33-34-22)32-28(31-17)19-4-7-27(30-13-19)35-15-23-12-24(16-35)36(23)14-20-10-25(37-3)5-6-26(20)29;1-12-5-15(7-16-6-13(2)25-26-16)24-20(22-12)14-3-4-19(21-9-14)27-10-17-8-18(11-27)23-17;1-6-2-3-8(9)7(4-6)5-10/h4-10,13,23-24H,11-12,14-16H2,1-3H3,(H,33,34);3-6,9,17-18,23H,7-8,10-11H2,1-2H3,(H,25,26);2-5H,1H3. The number of nitrogens with zero attached hydrogens (tertiary/aromatic N) is 11. The fraction of sp³-hybridized carbons (Fsp3) is 0.339. The Morgan fingerprint density at radius 2 is 1.16 bits per heavy atom. The molecule has 380 valence electrons. The van der Waals surface area contributed by atoms with Crippen LogP contribution in [0.1, 0.15) is 79.9 Å². The Kier molecular flexibility index (Phi) is 14.6. The van der Waals surface area contributed by atoms with Crippen molar-refractivity contribution in [2.75, 3.05) is 43.1 Å². The van der Waals surface area contributed by atoms with Gasteiger partial charge in [-0.25, -0.2) is 38.7 Å². The number of nitrogens with one attached hydrogen (secondary N) is 3. The monoisotopic (exact) mass is 998 g/mol. The molecule has 2 aromatic carbocycles. The molecule has 0 spiro atoms. The van der Waals surface area contributed by atoms with Crippen molar-refractivity contribution in [3.63, 3.8) is 0 Å². The summed E-state index contributed by atoms with van der Waals surface area (Å²) in [6.07, 6.45) is 8.03. The maximum Gasteiger partial charge on any atom is 0.161 e. The van der Waals surface area contributed by atoms with Crippen LogP contribution in [-0.4, -0.2) is 119 Å². The van der Waals surface area contributed by atoms with Gasteiger partial charge in [0.2, 0.25) is 0 Å². The summed E-state index contributed by atoms with van der Waals surface area (Å²) in [5, 5.41) is 18.1. The SMILES string of the molecule is COc1ccc(F)c(CN2C3CC2CN(c2ccc(-c4nc(C)cc(Cc5cc(C)[nH]n5)n4)cn2)C3)c1.Cc1cc(Cc2cc(C)[nH]n2)nc(-c2ccc(N3CC4CC(C3)N4)nc2)n1.Cc1ccc(F)c(C=O)c1. The zero-order chi connectivity index (χ0) is 51.5. The van der Waals surface area contributed by atoms with Gasteiger partial charge in [0.05, 0.1) is 35.4 Å². The van der Waals surface area contributed by atoms with Crippen LogP contribution in [-0.2, 0) is 19.4 Å². The molecule has 8 aromatic rings. The number of aromatic amines is 2. The molecule has 6 fully saturated rings. The Balaban J connectivity index is 0.000000147. The van der Waals surface area contributed by atoms with E-state index in [1.54, 1.807) is 25.3 Å². The van der Waals surface area contributed by atoms with Crippen molar-refractivity contribution in [2.24, 2.45) is 0 Å². The summed E-state index contributed by atoms with van der Waals surface area (Å²) in [5.41, 5.74) is 11.3. The molecule has 0 saturated carbocycles. The van der Waals surface area contributed by atoms with E-state index in [1.165, 1.54) is 24.6 Å². The van der Waals surface area contributed by atoms with Crippen molar-refractivity contribution in [3.8, 4) is 28.5 Å². The third kappa shape index (κ3) is 11.7. The summed E-state index contributed by atoms with van der Waals surface area (Å²) in [5.74, 6) is 3.43. The average molecular weight is 999 g/mol. The number of H-pyrrole nitrogens is 2. The molecule has 3 N–H and O–H groups in total. The number of carbonyl (C=O) groups is 1. The lowest BCUT2D eigenvalue weighted by atomic mass is 9.86. The molecule has 4 atom stereocenters. The summed E-state index contributed by atoms with van der Waals surface area (Å²) in [4.78, 5) is 45.4. The van der Waals surface area contributed by atoms with Crippen molar-refractivity contribution in [3.05, 3.63) is 171 Å². The molecule has 12 heterocycles. The lowest BCUT2D eigenvalue weighted by molar-refractivity contribution is -0.00950. The number of aldehydes is 1. The molecule has 6 aromatic heterocycles. The number of pyridine rings is 2. The molecule has 18 heteroatoms. The molecule has 16 nitrogen and oxygen atoms in total. The van der Waals surface area contributed by atoms with Crippen molar-refractivity contribution in [2.45, 2.75) is 91.0 Å².